The quantitative estimate of drug-likeness (QED) is 0.363. The van der Waals surface area contributed by atoms with Gasteiger partial charge in [0, 0.05) is 0 Å². The van der Waals surface area contributed by atoms with E-state index in [-0.39, 0.29) is 5.92 Å². The zero-order valence-corrected chi connectivity index (χ0v) is 11.2. The summed E-state index contributed by atoms with van der Waals surface area (Å²) in [7, 11) is 0. The lowest BCUT2D eigenvalue weighted by Crippen LogP contribution is -2.24. The largest absolute Gasteiger partial charge is 0.459 e. The number of rotatable bonds is 3. The zero-order valence-electron chi connectivity index (χ0n) is 11.2. The molecule has 2 nitrogen and oxygen atoms in total. The van der Waals surface area contributed by atoms with Crippen molar-refractivity contribution >= 4 is 5.97 Å². The van der Waals surface area contributed by atoms with Crippen LogP contribution in [-0.4, -0.2) is 12.1 Å². The predicted octanol–water partition coefficient (Wildman–Crippen LogP) is 4.12. The topological polar surface area (TPSA) is 26.3 Å². The molecular formula is C14H13F5O2. The van der Waals surface area contributed by atoms with Gasteiger partial charge in [-0.1, -0.05) is 12.8 Å². The molecule has 1 aliphatic carbocycles. The molecule has 0 heterocycles. The van der Waals surface area contributed by atoms with Gasteiger partial charge in [-0.25, -0.2) is 26.7 Å². The van der Waals surface area contributed by atoms with Crippen molar-refractivity contribution in [3.8, 4) is 0 Å². The fourth-order valence-corrected chi connectivity index (χ4v) is 2.53. The maximum Gasteiger partial charge on any atom is 0.344 e. The van der Waals surface area contributed by atoms with Crippen LogP contribution in [0.1, 0.15) is 43.0 Å². The van der Waals surface area contributed by atoms with E-state index in [4.69, 9.17) is 4.74 Å². The highest BCUT2D eigenvalue weighted by Crippen LogP contribution is 2.30. The Morgan fingerprint density at radius 3 is 1.86 bits per heavy atom. The van der Waals surface area contributed by atoms with Crippen LogP contribution in [0, 0.1) is 35.0 Å². The molecule has 0 saturated heterocycles. The first-order chi connectivity index (χ1) is 9.84. The smallest absolute Gasteiger partial charge is 0.344 e. The summed E-state index contributed by atoms with van der Waals surface area (Å²) in [5.41, 5.74) is -1.55. The maximum absolute atomic E-state index is 13.5. The maximum atomic E-state index is 13.5. The Morgan fingerprint density at radius 1 is 0.952 bits per heavy atom. The zero-order chi connectivity index (χ0) is 15.7. The second-order valence-electron chi connectivity index (χ2n) is 5.10. The minimum absolute atomic E-state index is 0.0372. The third-order valence-corrected chi connectivity index (χ3v) is 3.77. The van der Waals surface area contributed by atoms with Gasteiger partial charge in [0.25, 0.3) is 0 Å². The first kappa shape index (κ1) is 15.7. The van der Waals surface area contributed by atoms with Crippen LogP contribution in [0.15, 0.2) is 0 Å². The van der Waals surface area contributed by atoms with Gasteiger partial charge < -0.3 is 4.74 Å². The van der Waals surface area contributed by atoms with E-state index < -0.39 is 46.7 Å². The molecule has 0 radical (unpaired) electrons. The molecule has 1 aromatic carbocycles. The average molecular weight is 308 g/mol. The SMILES string of the molecule is CC(OC(=O)c1c(F)c(F)c(F)c(F)c1F)C1CCCC1. The average Bonchev–Trinajstić information content (AvgIpc) is 2.97. The molecule has 7 heteroatoms. The lowest BCUT2D eigenvalue weighted by Gasteiger charge is -2.19. The third kappa shape index (κ3) is 2.87. The van der Waals surface area contributed by atoms with Crippen LogP contribution in [-0.2, 0) is 4.74 Å². The number of ether oxygens (including phenoxy) is 1. The molecule has 2 rings (SSSR count). The molecule has 0 spiro atoms. The fraction of sp³-hybridized carbons (Fsp3) is 0.500. The Hall–Kier alpha value is -1.66. The van der Waals surface area contributed by atoms with E-state index in [0.29, 0.717) is 0 Å². The lowest BCUT2D eigenvalue weighted by atomic mass is 10.0. The second kappa shape index (κ2) is 5.99. The van der Waals surface area contributed by atoms with E-state index in [1.165, 1.54) is 0 Å². The summed E-state index contributed by atoms with van der Waals surface area (Å²) in [6.07, 6.45) is 2.86. The molecule has 21 heavy (non-hydrogen) atoms. The van der Waals surface area contributed by atoms with Crippen molar-refractivity contribution in [3.63, 3.8) is 0 Å². The lowest BCUT2D eigenvalue weighted by molar-refractivity contribution is 0.0190. The third-order valence-electron chi connectivity index (χ3n) is 3.77. The number of carbonyl (C=O) groups excluding carboxylic acids is 1. The van der Waals surface area contributed by atoms with Crippen LogP contribution < -0.4 is 0 Å². The van der Waals surface area contributed by atoms with E-state index >= 15 is 0 Å². The standard InChI is InChI=1S/C14H13F5O2/c1-6(7-4-2-3-5-7)21-14(20)8-9(15)11(17)13(19)12(18)10(8)16/h6-7H,2-5H2,1H3. The van der Waals surface area contributed by atoms with Crippen LogP contribution in [0.3, 0.4) is 0 Å². The van der Waals surface area contributed by atoms with Gasteiger partial charge in [-0.2, -0.15) is 0 Å². The minimum Gasteiger partial charge on any atom is -0.459 e. The van der Waals surface area contributed by atoms with Crippen molar-refractivity contribution in [2.45, 2.75) is 38.7 Å². The van der Waals surface area contributed by atoms with Gasteiger partial charge in [0.05, 0.1) is 0 Å². The van der Waals surface area contributed by atoms with E-state index in [2.05, 4.69) is 0 Å². The Kier molecular flexibility index (Phi) is 4.49. The molecular weight excluding hydrogens is 295 g/mol. The summed E-state index contributed by atoms with van der Waals surface area (Å²) in [4.78, 5) is 11.7. The highest BCUT2D eigenvalue weighted by atomic mass is 19.2. The Bertz CT molecular complexity index is 538. The molecule has 0 aliphatic heterocycles. The number of halogens is 5. The summed E-state index contributed by atoms with van der Waals surface area (Å²) >= 11 is 0. The highest BCUT2D eigenvalue weighted by Gasteiger charge is 2.33. The van der Waals surface area contributed by atoms with E-state index in [1.807, 2.05) is 0 Å². The van der Waals surface area contributed by atoms with E-state index in [0.717, 1.165) is 25.7 Å². The summed E-state index contributed by atoms with van der Waals surface area (Å²) in [6.45, 7) is 1.54. The molecule has 0 amide bonds. The van der Waals surface area contributed by atoms with Crippen LogP contribution in [0.4, 0.5) is 22.0 Å². The Labute approximate surface area is 117 Å². The first-order valence-electron chi connectivity index (χ1n) is 6.57. The molecule has 1 aliphatic rings. The normalized spacial score (nSPS) is 17.0. The van der Waals surface area contributed by atoms with Crippen molar-refractivity contribution in [2.24, 2.45) is 5.92 Å². The van der Waals surface area contributed by atoms with Crippen molar-refractivity contribution in [1.82, 2.24) is 0 Å². The number of benzene rings is 1. The molecule has 1 atom stereocenters. The minimum atomic E-state index is -2.30. The highest BCUT2D eigenvalue weighted by molar-refractivity contribution is 5.90. The van der Waals surface area contributed by atoms with Crippen LogP contribution in [0.25, 0.3) is 0 Å². The predicted molar refractivity (Wildman–Crippen MR) is 63.1 cm³/mol. The van der Waals surface area contributed by atoms with Crippen LogP contribution in [0.2, 0.25) is 0 Å². The molecule has 116 valence electrons. The first-order valence-corrected chi connectivity index (χ1v) is 6.57. The summed E-state index contributed by atoms with van der Waals surface area (Å²) < 4.78 is 70.7. The Balaban J connectivity index is 2.27. The van der Waals surface area contributed by atoms with Gasteiger partial charge in [-0.15, -0.1) is 0 Å². The van der Waals surface area contributed by atoms with Gasteiger partial charge in [-0.3, -0.25) is 0 Å². The van der Waals surface area contributed by atoms with Gasteiger partial charge in [-0.05, 0) is 25.7 Å². The van der Waals surface area contributed by atoms with Gasteiger partial charge >= 0.3 is 5.97 Å². The summed E-state index contributed by atoms with van der Waals surface area (Å²) in [6, 6.07) is 0. The van der Waals surface area contributed by atoms with Gasteiger partial charge in [0.15, 0.2) is 23.3 Å². The second-order valence-corrected chi connectivity index (χ2v) is 5.10. The van der Waals surface area contributed by atoms with Crippen LogP contribution >= 0.6 is 0 Å². The number of carbonyl (C=O) groups is 1. The number of hydrogen-bond donors (Lipinski definition) is 0. The molecule has 0 bridgehead atoms. The van der Waals surface area contributed by atoms with Crippen molar-refractivity contribution in [3.05, 3.63) is 34.6 Å². The van der Waals surface area contributed by atoms with Crippen molar-refractivity contribution < 1.29 is 31.5 Å². The molecule has 0 N–H and O–H groups in total. The fourth-order valence-electron chi connectivity index (χ4n) is 2.53. The molecule has 1 unspecified atom stereocenters. The summed E-state index contributed by atoms with van der Waals surface area (Å²) in [5.74, 6) is -12.5. The molecule has 1 saturated carbocycles. The number of hydrogen-bond acceptors (Lipinski definition) is 2. The Morgan fingerprint density at radius 2 is 1.38 bits per heavy atom. The number of esters is 1. The van der Waals surface area contributed by atoms with Crippen molar-refractivity contribution in [2.75, 3.05) is 0 Å². The monoisotopic (exact) mass is 308 g/mol. The summed E-state index contributed by atoms with van der Waals surface area (Å²) in [5, 5.41) is 0. The molecule has 0 aromatic heterocycles. The van der Waals surface area contributed by atoms with Crippen molar-refractivity contribution in [1.29, 1.82) is 0 Å². The molecule has 1 aromatic rings. The molecule has 1 fully saturated rings. The van der Waals surface area contributed by atoms with Crippen LogP contribution in [0.5, 0.6) is 0 Å². The van der Waals surface area contributed by atoms with Gasteiger partial charge in [0.2, 0.25) is 5.82 Å². The van der Waals surface area contributed by atoms with E-state index in [1.54, 1.807) is 6.92 Å². The van der Waals surface area contributed by atoms with E-state index in [9.17, 15) is 26.7 Å². The van der Waals surface area contributed by atoms with Gasteiger partial charge in [0.1, 0.15) is 11.7 Å².